The first-order valence-electron chi connectivity index (χ1n) is 6.53. The standard InChI is InChI=1S/C15H16BrN3O2S/c1-9-7-13(16)17-8-12(9)21-15-14(22-10(2)18-15)11(20)5-6-19(3)4/h5-8H,1-4H3/b6-5+. The van der Waals surface area contributed by atoms with Gasteiger partial charge in [0, 0.05) is 26.4 Å². The molecule has 2 heterocycles. The number of ether oxygens (including phenoxy) is 1. The second-order valence-electron chi connectivity index (χ2n) is 4.89. The van der Waals surface area contributed by atoms with Gasteiger partial charge in [0.05, 0.1) is 11.2 Å². The maximum Gasteiger partial charge on any atom is 0.241 e. The van der Waals surface area contributed by atoms with Crippen LogP contribution < -0.4 is 4.74 Å². The molecule has 0 radical (unpaired) electrons. The first-order valence-corrected chi connectivity index (χ1v) is 8.14. The lowest BCUT2D eigenvalue weighted by Crippen LogP contribution is -2.03. The number of aryl methyl sites for hydroxylation is 2. The molecule has 0 fully saturated rings. The minimum Gasteiger partial charge on any atom is -0.436 e. The Morgan fingerprint density at radius 1 is 1.41 bits per heavy atom. The van der Waals surface area contributed by atoms with Crippen LogP contribution in [0.3, 0.4) is 0 Å². The summed E-state index contributed by atoms with van der Waals surface area (Å²) in [5, 5.41) is 0.777. The van der Waals surface area contributed by atoms with Gasteiger partial charge in [-0.1, -0.05) is 0 Å². The molecule has 0 atom stereocenters. The van der Waals surface area contributed by atoms with Crippen molar-refractivity contribution in [3.63, 3.8) is 0 Å². The average molecular weight is 382 g/mol. The van der Waals surface area contributed by atoms with E-state index in [2.05, 4.69) is 25.9 Å². The Hall–Kier alpha value is -1.73. The fraction of sp³-hybridized carbons (Fsp3) is 0.267. The highest BCUT2D eigenvalue weighted by atomic mass is 79.9. The summed E-state index contributed by atoms with van der Waals surface area (Å²) in [4.78, 5) is 23.0. The number of allylic oxidation sites excluding steroid dienone is 1. The van der Waals surface area contributed by atoms with Gasteiger partial charge in [-0.05, 0) is 41.4 Å². The molecule has 0 aliphatic carbocycles. The molecule has 116 valence electrons. The van der Waals surface area contributed by atoms with E-state index in [1.165, 1.54) is 17.4 Å². The fourth-order valence-corrected chi connectivity index (χ4v) is 2.86. The molecule has 0 bridgehead atoms. The lowest BCUT2D eigenvalue weighted by Gasteiger charge is -2.07. The van der Waals surface area contributed by atoms with Crippen LogP contribution in [-0.4, -0.2) is 34.7 Å². The molecule has 0 aromatic carbocycles. The van der Waals surface area contributed by atoms with E-state index in [0.717, 1.165) is 15.2 Å². The minimum atomic E-state index is -0.128. The summed E-state index contributed by atoms with van der Waals surface area (Å²) >= 11 is 4.63. The molecule has 5 nitrogen and oxygen atoms in total. The molecule has 0 aliphatic rings. The average Bonchev–Trinajstić information content (AvgIpc) is 2.80. The van der Waals surface area contributed by atoms with Gasteiger partial charge in [0.1, 0.15) is 9.48 Å². The monoisotopic (exact) mass is 381 g/mol. The molecule has 0 aliphatic heterocycles. The molecule has 0 spiro atoms. The van der Waals surface area contributed by atoms with E-state index < -0.39 is 0 Å². The highest BCUT2D eigenvalue weighted by Crippen LogP contribution is 2.31. The molecule has 22 heavy (non-hydrogen) atoms. The minimum absolute atomic E-state index is 0.128. The lowest BCUT2D eigenvalue weighted by molar-refractivity contribution is 0.104. The molecule has 2 rings (SSSR count). The molecular weight excluding hydrogens is 366 g/mol. The number of aromatic nitrogens is 2. The number of thiazole rings is 1. The first-order chi connectivity index (χ1) is 10.4. The number of ketones is 1. The van der Waals surface area contributed by atoms with E-state index in [1.807, 2.05) is 34.0 Å². The van der Waals surface area contributed by atoms with Crippen molar-refractivity contribution in [1.29, 1.82) is 0 Å². The van der Waals surface area contributed by atoms with E-state index in [9.17, 15) is 4.79 Å². The Bertz CT molecular complexity index is 726. The molecule has 0 saturated heterocycles. The second-order valence-corrected chi connectivity index (χ2v) is 6.90. The fourth-order valence-electron chi connectivity index (χ4n) is 1.65. The largest absolute Gasteiger partial charge is 0.436 e. The number of hydrogen-bond donors (Lipinski definition) is 0. The van der Waals surface area contributed by atoms with Crippen molar-refractivity contribution in [2.75, 3.05) is 14.1 Å². The number of nitrogens with zero attached hydrogens (tertiary/aromatic N) is 3. The van der Waals surface area contributed by atoms with Crippen LogP contribution in [0, 0.1) is 13.8 Å². The van der Waals surface area contributed by atoms with E-state index in [1.54, 1.807) is 17.3 Å². The van der Waals surface area contributed by atoms with E-state index in [-0.39, 0.29) is 5.78 Å². The summed E-state index contributed by atoms with van der Waals surface area (Å²) in [6.07, 6.45) is 4.82. The van der Waals surface area contributed by atoms with Gasteiger partial charge in [-0.3, -0.25) is 4.79 Å². The second kappa shape index (κ2) is 7.02. The Kier molecular flexibility index (Phi) is 5.31. The Morgan fingerprint density at radius 3 is 2.77 bits per heavy atom. The van der Waals surface area contributed by atoms with Gasteiger partial charge in [-0.25, -0.2) is 9.97 Å². The van der Waals surface area contributed by atoms with Crippen LogP contribution in [-0.2, 0) is 0 Å². The van der Waals surface area contributed by atoms with Crippen LogP contribution in [0.5, 0.6) is 11.6 Å². The molecule has 0 saturated carbocycles. The van der Waals surface area contributed by atoms with Crippen LogP contribution in [0.15, 0.2) is 29.1 Å². The molecule has 7 heteroatoms. The quantitative estimate of drug-likeness (QED) is 0.445. The summed E-state index contributed by atoms with van der Waals surface area (Å²) in [6.45, 7) is 3.76. The van der Waals surface area contributed by atoms with Gasteiger partial charge in [-0.2, -0.15) is 0 Å². The smallest absolute Gasteiger partial charge is 0.241 e. The highest BCUT2D eigenvalue weighted by molar-refractivity contribution is 9.10. The third-order valence-electron chi connectivity index (χ3n) is 2.69. The van der Waals surface area contributed by atoms with Crippen molar-refractivity contribution >= 4 is 33.0 Å². The number of pyridine rings is 1. The summed E-state index contributed by atoms with van der Waals surface area (Å²) in [6, 6.07) is 1.85. The normalized spacial score (nSPS) is 11.0. The Balaban J connectivity index is 2.30. The number of carbonyl (C=O) groups excluding carboxylic acids is 1. The van der Waals surface area contributed by atoms with Crippen LogP contribution in [0.25, 0.3) is 0 Å². The third-order valence-corrected chi connectivity index (χ3v) is 4.09. The predicted octanol–water partition coefficient (Wildman–Crippen LogP) is 3.97. The first kappa shape index (κ1) is 16.6. The van der Waals surface area contributed by atoms with Crippen molar-refractivity contribution in [2.24, 2.45) is 0 Å². The van der Waals surface area contributed by atoms with Gasteiger partial charge in [0.15, 0.2) is 5.75 Å². The molecular formula is C15H16BrN3O2S. The van der Waals surface area contributed by atoms with Gasteiger partial charge in [0.2, 0.25) is 11.7 Å². The predicted molar refractivity (Wildman–Crippen MR) is 90.8 cm³/mol. The zero-order valence-electron chi connectivity index (χ0n) is 12.8. The van der Waals surface area contributed by atoms with Crippen LogP contribution >= 0.6 is 27.3 Å². The van der Waals surface area contributed by atoms with Crippen molar-refractivity contribution in [3.05, 3.63) is 44.6 Å². The van der Waals surface area contributed by atoms with Gasteiger partial charge in [0.25, 0.3) is 0 Å². The summed E-state index contributed by atoms with van der Waals surface area (Å²) in [5.41, 5.74) is 0.912. The van der Waals surface area contributed by atoms with E-state index in [0.29, 0.717) is 16.5 Å². The number of halogens is 1. The summed E-state index contributed by atoms with van der Waals surface area (Å²) in [7, 11) is 3.71. The Labute approximate surface area is 141 Å². The molecule has 2 aromatic rings. The molecule has 0 unspecified atom stereocenters. The third kappa shape index (κ3) is 4.14. The van der Waals surface area contributed by atoms with Crippen molar-refractivity contribution in [1.82, 2.24) is 14.9 Å². The van der Waals surface area contributed by atoms with E-state index in [4.69, 9.17) is 4.74 Å². The van der Waals surface area contributed by atoms with Crippen LogP contribution in [0.1, 0.15) is 20.2 Å². The number of hydrogen-bond acceptors (Lipinski definition) is 6. The summed E-state index contributed by atoms with van der Waals surface area (Å²) in [5.74, 6) is 0.777. The maximum atomic E-state index is 12.3. The Morgan fingerprint density at radius 2 is 2.14 bits per heavy atom. The lowest BCUT2D eigenvalue weighted by atomic mass is 10.3. The zero-order valence-corrected chi connectivity index (χ0v) is 15.2. The van der Waals surface area contributed by atoms with Gasteiger partial charge < -0.3 is 9.64 Å². The van der Waals surface area contributed by atoms with Crippen LogP contribution in [0.4, 0.5) is 0 Å². The zero-order chi connectivity index (χ0) is 16.3. The van der Waals surface area contributed by atoms with Gasteiger partial charge in [-0.15, -0.1) is 11.3 Å². The molecule has 0 amide bonds. The van der Waals surface area contributed by atoms with E-state index >= 15 is 0 Å². The van der Waals surface area contributed by atoms with Crippen molar-refractivity contribution in [2.45, 2.75) is 13.8 Å². The maximum absolute atomic E-state index is 12.3. The summed E-state index contributed by atoms with van der Waals surface area (Å²) < 4.78 is 6.53. The topological polar surface area (TPSA) is 55.3 Å². The molecule has 0 N–H and O–H groups in total. The van der Waals surface area contributed by atoms with Gasteiger partial charge >= 0.3 is 0 Å². The number of carbonyl (C=O) groups is 1. The number of rotatable bonds is 5. The molecule has 2 aromatic heterocycles. The van der Waals surface area contributed by atoms with Crippen molar-refractivity contribution in [3.8, 4) is 11.6 Å². The highest BCUT2D eigenvalue weighted by Gasteiger charge is 2.18. The van der Waals surface area contributed by atoms with Crippen LogP contribution in [0.2, 0.25) is 0 Å². The SMILES string of the molecule is Cc1nc(Oc2cnc(Br)cc2C)c(C(=O)/C=C/N(C)C)s1. The van der Waals surface area contributed by atoms with Crippen molar-refractivity contribution < 1.29 is 9.53 Å².